The Balaban J connectivity index is 1.42. The summed E-state index contributed by atoms with van der Waals surface area (Å²) in [4.78, 5) is 27.8. The van der Waals surface area contributed by atoms with Gasteiger partial charge in [-0.2, -0.15) is 13.2 Å². The molecule has 4 rings (SSSR count). The van der Waals surface area contributed by atoms with E-state index >= 15 is 0 Å². The highest BCUT2D eigenvalue weighted by atomic mass is 19.4. The van der Waals surface area contributed by atoms with Gasteiger partial charge in [-0.25, -0.2) is 4.79 Å². The van der Waals surface area contributed by atoms with Crippen molar-refractivity contribution in [1.82, 2.24) is 5.32 Å². The van der Waals surface area contributed by atoms with Crippen molar-refractivity contribution in [2.75, 3.05) is 23.3 Å². The molecule has 39 heavy (non-hydrogen) atoms. The van der Waals surface area contributed by atoms with Crippen molar-refractivity contribution in [3.05, 3.63) is 132 Å². The Kier molecular flexibility index (Phi) is 8.99. The van der Waals surface area contributed by atoms with E-state index in [0.717, 1.165) is 23.3 Å². The van der Waals surface area contributed by atoms with Gasteiger partial charge in [0.2, 0.25) is 5.91 Å². The van der Waals surface area contributed by atoms with Crippen molar-refractivity contribution in [1.29, 1.82) is 0 Å². The van der Waals surface area contributed by atoms with Crippen LogP contribution in [0, 0.1) is 0 Å². The van der Waals surface area contributed by atoms with Crippen molar-refractivity contribution >= 4 is 23.3 Å². The van der Waals surface area contributed by atoms with Gasteiger partial charge in [-0.15, -0.1) is 0 Å². The van der Waals surface area contributed by atoms with Gasteiger partial charge < -0.3 is 10.6 Å². The number of para-hydroxylation sites is 1. The number of benzene rings is 4. The number of alkyl halides is 3. The maximum absolute atomic E-state index is 13.3. The summed E-state index contributed by atoms with van der Waals surface area (Å²) in [6, 6.07) is 31.7. The third-order valence-corrected chi connectivity index (χ3v) is 6.14. The van der Waals surface area contributed by atoms with Gasteiger partial charge in [0.1, 0.15) is 0 Å². The van der Waals surface area contributed by atoms with Crippen LogP contribution in [0.5, 0.6) is 0 Å². The summed E-state index contributed by atoms with van der Waals surface area (Å²) in [5.41, 5.74) is 1.51. The molecule has 0 saturated heterocycles. The van der Waals surface area contributed by atoms with E-state index in [0.29, 0.717) is 18.7 Å². The van der Waals surface area contributed by atoms with E-state index in [1.807, 2.05) is 60.7 Å². The zero-order chi connectivity index (χ0) is 27.7. The van der Waals surface area contributed by atoms with Crippen LogP contribution in [-0.2, 0) is 11.0 Å². The van der Waals surface area contributed by atoms with Crippen molar-refractivity contribution in [2.45, 2.75) is 18.5 Å². The van der Waals surface area contributed by atoms with E-state index < -0.39 is 23.7 Å². The molecule has 8 heteroatoms. The molecule has 0 aliphatic carbocycles. The number of carbonyl (C=O) groups is 2. The van der Waals surface area contributed by atoms with E-state index in [4.69, 9.17) is 0 Å². The summed E-state index contributed by atoms with van der Waals surface area (Å²) in [5.74, 6) is -0.645. The molecule has 3 amide bonds. The Bertz CT molecular complexity index is 1320. The second-order valence-corrected chi connectivity index (χ2v) is 8.89. The maximum atomic E-state index is 13.3. The lowest BCUT2D eigenvalue weighted by atomic mass is 9.90. The highest BCUT2D eigenvalue weighted by Gasteiger charge is 2.30. The first-order chi connectivity index (χ1) is 18.8. The van der Waals surface area contributed by atoms with Crippen molar-refractivity contribution in [3.8, 4) is 0 Å². The third-order valence-electron chi connectivity index (χ3n) is 6.14. The smallest absolute Gasteiger partial charge is 0.355 e. The SMILES string of the molecule is O=C(NCCCN(C(=O)Nc1cccc(C(F)(F)F)c1)c1ccccc1)C(c1ccccc1)c1ccccc1. The Hall–Kier alpha value is -4.59. The average molecular weight is 532 g/mol. The molecule has 200 valence electrons. The predicted octanol–water partition coefficient (Wildman–Crippen LogP) is 7.08. The molecule has 0 spiro atoms. The Labute approximate surface area is 225 Å². The first kappa shape index (κ1) is 27.4. The van der Waals surface area contributed by atoms with Gasteiger partial charge in [0.15, 0.2) is 0 Å². The molecule has 0 heterocycles. The molecule has 0 aromatic heterocycles. The van der Waals surface area contributed by atoms with Crippen molar-refractivity contribution in [2.24, 2.45) is 0 Å². The van der Waals surface area contributed by atoms with Crippen LogP contribution in [0.2, 0.25) is 0 Å². The van der Waals surface area contributed by atoms with E-state index in [-0.39, 0.29) is 18.1 Å². The zero-order valence-electron chi connectivity index (χ0n) is 21.1. The molecule has 0 bridgehead atoms. The molecular formula is C31H28F3N3O2. The quantitative estimate of drug-likeness (QED) is 0.227. The average Bonchev–Trinajstić information content (AvgIpc) is 2.94. The Morgan fingerprint density at radius 1 is 0.744 bits per heavy atom. The standard InChI is InChI=1S/C31H28F3N3O2/c32-31(33,34)25-16-10-17-26(22-25)36-30(39)37(27-18-8-3-9-19-27)21-11-20-35-29(38)28(23-12-4-1-5-13-23)24-14-6-2-7-15-24/h1-10,12-19,22,28H,11,20-21H2,(H,35,38)(H,36,39). The number of hydrogen-bond donors (Lipinski definition) is 2. The number of carbonyl (C=O) groups excluding carboxylic acids is 2. The van der Waals surface area contributed by atoms with Crippen LogP contribution < -0.4 is 15.5 Å². The first-order valence-corrected chi connectivity index (χ1v) is 12.5. The normalized spacial score (nSPS) is 11.2. The summed E-state index contributed by atoms with van der Waals surface area (Å²) in [6.45, 7) is 0.533. The number of halogens is 3. The lowest BCUT2D eigenvalue weighted by Crippen LogP contribution is -2.38. The molecule has 5 nitrogen and oxygen atoms in total. The second-order valence-electron chi connectivity index (χ2n) is 8.89. The summed E-state index contributed by atoms with van der Waals surface area (Å²) < 4.78 is 39.3. The summed E-state index contributed by atoms with van der Waals surface area (Å²) in [6.07, 6.45) is -4.09. The molecule has 0 aliphatic rings. The number of hydrogen-bond acceptors (Lipinski definition) is 2. The van der Waals surface area contributed by atoms with Gasteiger partial charge in [-0.05, 0) is 47.9 Å². The predicted molar refractivity (Wildman–Crippen MR) is 147 cm³/mol. The van der Waals surface area contributed by atoms with E-state index in [1.165, 1.54) is 17.0 Å². The molecule has 4 aromatic carbocycles. The van der Waals surface area contributed by atoms with Gasteiger partial charge in [0.25, 0.3) is 0 Å². The first-order valence-electron chi connectivity index (χ1n) is 12.5. The third kappa shape index (κ3) is 7.47. The minimum Gasteiger partial charge on any atom is -0.355 e. The number of anilines is 2. The van der Waals surface area contributed by atoms with Gasteiger partial charge in [0.05, 0.1) is 11.5 Å². The lowest BCUT2D eigenvalue weighted by molar-refractivity contribution is -0.137. The minimum absolute atomic E-state index is 0.0395. The summed E-state index contributed by atoms with van der Waals surface area (Å²) in [5, 5.41) is 5.54. The molecule has 0 aliphatic heterocycles. The lowest BCUT2D eigenvalue weighted by Gasteiger charge is -2.24. The largest absolute Gasteiger partial charge is 0.416 e. The number of rotatable bonds is 9. The fourth-order valence-electron chi connectivity index (χ4n) is 4.26. The molecule has 0 fully saturated rings. The zero-order valence-corrected chi connectivity index (χ0v) is 21.1. The van der Waals surface area contributed by atoms with Crippen LogP contribution in [0.3, 0.4) is 0 Å². The van der Waals surface area contributed by atoms with Crippen molar-refractivity contribution in [3.63, 3.8) is 0 Å². The fourth-order valence-corrected chi connectivity index (χ4v) is 4.26. The summed E-state index contributed by atoms with van der Waals surface area (Å²) in [7, 11) is 0. The number of urea groups is 1. The number of nitrogens with one attached hydrogen (secondary N) is 2. The maximum Gasteiger partial charge on any atom is 0.416 e. The molecule has 4 aromatic rings. The number of amides is 3. The Morgan fingerprint density at radius 2 is 1.31 bits per heavy atom. The van der Waals surface area contributed by atoms with Gasteiger partial charge >= 0.3 is 12.2 Å². The Morgan fingerprint density at radius 3 is 1.87 bits per heavy atom. The highest BCUT2D eigenvalue weighted by molar-refractivity contribution is 6.01. The monoisotopic (exact) mass is 531 g/mol. The van der Waals surface area contributed by atoms with Crippen LogP contribution in [0.4, 0.5) is 29.3 Å². The van der Waals surface area contributed by atoms with Crippen LogP contribution in [0.15, 0.2) is 115 Å². The van der Waals surface area contributed by atoms with E-state index in [1.54, 1.807) is 30.3 Å². The van der Waals surface area contributed by atoms with Gasteiger partial charge in [-0.1, -0.05) is 84.9 Å². The topological polar surface area (TPSA) is 61.4 Å². The molecule has 0 unspecified atom stereocenters. The van der Waals surface area contributed by atoms with Gasteiger partial charge in [-0.3, -0.25) is 9.69 Å². The van der Waals surface area contributed by atoms with Crippen LogP contribution in [0.25, 0.3) is 0 Å². The summed E-state index contributed by atoms with van der Waals surface area (Å²) >= 11 is 0. The second kappa shape index (κ2) is 12.8. The van der Waals surface area contributed by atoms with E-state index in [2.05, 4.69) is 10.6 Å². The molecule has 0 radical (unpaired) electrons. The molecule has 0 atom stereocenters. The molecular weight excluding hydrogens is 503 g/mol. The number of nitrogens with zero attached hydrogens (tertiary/aromatic N) is 1. The van der Waals surface area contributed by atoms with Crippen LogP contribution in [-0.4, -0.2) is 25.0 Å². The van der Waals surface area contributed by atoms with Crippen molar-refractivity contribution < 1.29 is 22.8 Å². The van der Waals surface area contributed by atoms with Crippen LogP contribution >= 0.6 is 0 Å². The molecule has 2 N–H and O–H groups in total. The molecule has 0 saturated carbocycles. The fraction of sp³-hybridized carbons (Fsp3) is 0.161. The van der Waals surface area contributed by atoms with E-state index in [9.17, 15) is 22.8 Å². The van der Waals surface area contributed by atoms with Crippen LogP contribution in [0.1, 0.15) is 29.0 Å². The van der Waals surface area contributed by atoms with Gasteiger partial charge in [0, 0.05) is 24.5 Å². The minimum atomic E-state index is -4.52. The highest BCUT2D eigenvalue weighted by Crippen LogP contribution is 2.31.